The van der Waals surface area contributed by atoms with Gasteiger partial charge in [-0.3, -0.25) is 4.79 Å². The van der Waals surface area contributed by atoms with Crippen molar-refractivity contribution >= 4 is 11.8 Å². The van der Waals surface area contributed by atoms with Crippen molar-refractivity contribution in [2.45, 2.75) is 46.3 Å². The van der Waals surface area contributed by atoms with Gasteiger partial charge in [0.25, 0.3) is 0 Å². The van der Waals surface area contributed by atoms with Crippen LogP contribution >= 0.6 is 0 Å². The van der Waals surface area contributed by atoms with E-state index >= 15 is 0 Å². The smallest absolute Gasteiger partial charge is 0.416 e. The molecule has 1 N–H and O–H groups in total. The molecule has 4 aromatic carbocycles. The number of Topliss-reactive ketones (excluding diaryl/α,β-unsaturated/α-hetero) is 1. The lowest BCUT2D eigenvalue weighted by molar-refractivity contribution is -0.138. The van der Waals surface area contributed by atoms with Crippen LogP contribution in [0.3, 0.4) is 0 Å². The van der Waals surface area contributed by atoms with Crippen LogP contribution in [0.4, 0.5) is 26.3 Å². The van der Waals surface area contributed by atoms with Gasteiger partial charge < -0.3 is 14.6 Å². The number of carboxylic acids is 1. The predicted octanol–water partition coefficient (Wildman–Crippen LogP) is 9.09. The normalized spacial score (nSPS) is 11.3. The highest BCUT2D eigenvalue weighted by Crippen LogP contribution is 2.33. The monoisotopic (exact) mass is 618 g/mol. The van der Waals surface area contributed by atoms with E-state index in [0.29, 0.717) is 33.8 Å². The van der Waals surface area contributed by atoms with Gasteiger partial charge in [-0.15, -0.1) is 0 Å². The van der Waals surface area contributed by atoms with Gasteiger partial charge in [0.2, 0.25) is 0 Å². The Balaban J connectivity index is 0.000000240. The van der Waals surface area contributed by atoms with E-state index in [0.717, 1.165) is 29.8 Å². The Morgan fingerprint density at radius 2 is 1.05 bits per heavy atom. The first-order valence-electron chi connectivity index (χ1n) is 13.1. The molecule has 44 heavy (non-hydrogen) atoms. The topological polar surface area (TPSA) is 72.8 Å². The molecular weight excluding hydrogens is 590 g/mol. The minimum absolute atomic E-state index is 0.0486. The molecule has 0 bridgehead atoms. The summed E-state index contributed by atoms with van der Waals surface area (Å²) in [6, 6.07) is 19.7. The van der Waals surface area contributed by atoms with Crippen LogP contribution < -0.4 is 9.47 Å². The first kappa shape index (κ1) is 33.7. The molecule has 0 atom stereocenters. The zero-order chi connectivity index (χ0) is 32.7. The lowest BCUT2D eigenvalue weighted by Crippen LogP contribution is -2.06. The molecule has 0 saturated carbocycles. The Kier molecular flexibility index (Phi) is 10.8. The van der Waals surface area contributed by atoms with Crippen LogP contribution in [-0.4, -0.2) is 16.9 Å². The van der Waals surface area contributed by atoms with Gasteiger partial charge in [-0.2, -0.15) is 26.3 Å². The lowest BCUT2D eigenvalue weighted by Gasteiger charge is -2.12. The van der Waals surface area contributed by atoms with Crippen LogP contribution in [0.2, 0.25) is 0 Å². The first-order chi connectivity index (χ1) is 20.5. The third kappa shape index (κ3) is 9.62. The molecule has 0 spiro atoms. The van der Waals surface area contributed by atoms with E-state index in [2.05, 4.69) is 0 Å². The molecule has 0 aromatic heterocycles. The fourth-order valence-electron chi connectivity index (χ4n) is 3.97. The maximum absolute atomic E-state index is 12.6. The summed E-state index contributed by atoms with van der Waals surface area (Å²) in [7, 11) is 0. The van der Waals surface area contributed by atoms with Gasteiger partial charge in [0.15, 0.2) is 5.78 Å². The summed E-state index contributed by atoms with van der Waals surface area (Å²) in [6.07, 6.45) is -8.75. The second-order valence-corrected chi connectivity index (χ2v) is 9.80. The van der Waals surface area contributed by atoms with Gasteiger partial charge in [-0.1, -0.05) is 30.3 Å². The molecule has 0 fully saturated rings. The number of halogens is 6. The van der Waals surface area contributed by atoms with Gasteiger partial charge in [-0.25, -0.2) is 4.79 Å². The van der Waals surface area contributed by atoms with E-state index < -0.39 is 29.4 Å². The number of ether oxygens (including phenoxy) is 2. The number of rotatable bonds is 8. The van der Waals surface area contributed by atoms with Crippen LogP contribution in [0.15, 0.2) is 84.9 Å². The zero-order valence-corrected chi connectivity index (χ0v) is 23.8. The standard InChI is InChI=1S/C17H15F3O2.C16H13F3O3/c1-11-8-15(17(18,19)20)6-7-16(11)22-10-13-4-3-5-14(9-13)12(2)21;1-10-7-13(16(17,18)19)5-6-14(10)22-9-11-3-2-4-12(8-11)15(20)21/h3-9H,10H2,1-2H3;2-8H,9H2,1H3,(H,20,21). The van der Waals surface area contributed by atoms with Crippen molar-refractivity contribution in [3.63, 3.8) is 0 Å². The molecule has 0 aliphatic carbocycles. The van der Waals surface area contributed by atoms with E-state index in [1.54, 1.807) is 43.3 Å². The minimum atomic E-state index is -4.39. The minimum Gasteiger partial charge on any atom is -0.489 e. The molecule has 0 aliphatic rings. The molecule has 0 amide bonds. The highest BCUT2D eigenvalue weighted by Gasteiger charge is 2.31. The Bertz CT molecular complexity index is 1500. The predicted molar refractivity (Wildman–Crippen MR) is 151 cm³/mol. The van der Waals surface area contributed by atoms with Gasteiger partial charge >= 0.3 is 18.3 Å². The van der Waals surface area contributed by atoms with Crippen LogP contribution in [0.1, 0.15) is 61.0 Å². The molecule has 0 unspecified atom stereocenters. The number of hydrogen-bond acceptors (Lipinski definition) is 4. The quantitative estimate of drug-likeness (QED) is 0.158. The molecule has 0 radical (unpaired) electrons. The third-order valence-corrected chi connectivity index (χ3v) is 6.30. The Morgan fingerprint density at radius 3 is 1.41 bits per heavy atom. The summed E-state index contributed by atoms with van der Waals surface area (Å²) in [6.45, 7) is 4.83. The molecule has 11 heteroatoms. The number of hydrogen-bond donors (Lipinski definition) is 1. The van der Waals surface area contributed by atoms with E-state index in [4.69, 9.17) is 14.6 Å². The van der Waals surface area contributed by atoms with Crippen molar-refractivity contribution in [1.29, 1.82) is 0 Å². The lowest BCUT2D eigenvalue weighted by atomic mass is 10.1. The van der Waals surface area contributed by atoms with E-state index in [-0.39, 0.29) is 24.6 Å². The van der Waals surface area contributed by atoms with Gasteiger partial charge in [-0.05, 0) is 97.6 Å². The number of aromatic carboxylic acids is 1. The maximum Gasteiger partial charge on any atom is 0.416 e. The number of aryl methyl sites for hydroxylation is 2. The number of alkyl halides is 6. The molecule has 0 heterocycles. The highest BCUT2D eigenvalue weighted by atomic mass is 19.4. The summed E-state index contributed by atoms with van der Waals surface area (Å²) in [4.78, 5) is 22.2. The van der Waals surface area contributed by atoms with E-state index in [1.807, 2.05) is 0 Å². The molecule has 4 aromatic rings. The SMILES string of the molecule is CC(=O)c1cccc(COc2ccc(C(F)(F)F)cc2C)c1.Cc1cc(C(F)(F)F)ccc1OCc1cccc(C(=O)O)c1. The number of ketones is 1. The second-order valence-electron chi connectivity index (χ2n) is 9.80. The first-order valence-corrected chi connectivity index (χ1v) is 13.1. The summed E-state index contributed by atoms with van der Waals surface area (Å²) in [5.41, 5.74) is 1.46. The van der Waals surface area contributed by atoms with Gasteiger partial charge in [0.1, 0.15) is 24.7 Å². The fraction of sp³-hybridized carbons (Fsp3) is 0.212. The molecule has 0 aliphatic heterocycles. The van der Waals surface area contributed by atoms with Crippen molar-refractivity contribution in [2.24, 2.45) is 0 Å². The van der Waals surface area contributed by atoms with Gasteiger partial charge in [0.05, 0.1) is 16.7 Å². The van der Waals surface area contributed by atoms with E-state index in [1.165, 1.54) is 38.1 Å². The summed E-state index contributed by atoms with van der Waals surface area (Å²) in [5, 5.41) is 8.90. The van der Waals surface area contributed by atoms with Crippen LogP contribution in [-0.2, 0) is 25.6 Å². The Labute approximate surface area is 249 Å². The van der Waals surface area contributed by atoms with Crippen molar-refractivity contribution < 1.29 is 50.5 Å². The molecule has 4 rings (SSSR count). The second kappa shape index (κ2) is 14.1. The molecule has 0 saturated heterocycles. The number of carbonyl (C=O) groups excluding carboxylic acids is 1. The average molecular weight is 619 g/mol. The van der Waals surface area contributed by atoms with Crippen molar-refractivity contribution in [3.05, 3.63) is 129 Å². The summed E-state index contributed by atoms with van der Waals surface area (Å²) < 4.78 is 86.5. The molecule has 5 nitrogen and oxygen atoms in total. The largest absolute Gasteiger partial charge is 0.489 e. The number of carboxylic acid groups (broad SMARTS) is 1. The molecule has 232 valence electrons. The van der Waals surface area contributed by atoms with Crippen molar-refractivity contribution in [1.82, 2.24) is 0 Å². The summed E-state index contributed by atoms with van der Waals surface area (Å²) in [5.74, 6) is -0.380. The average Bonchev–Trinajstić information content (AvgIpc) is 2.95. The van der Waals surface area contributed by atoms with Crippen LogP contribution in [0.25, 0.3) is 0 Å². The maximum atomic E-state index is 12.6. The number of carbonyl (C=O) groups is 2. The number of benzene rings is 4. The third-order valence-electron chi connectivity index (χ3n) is 6.30. The van der Waals surface area contributed by atoms with Crippen LogP contribution in [0.5, 0.6) is 11.5 Å². The zero-order valence-electron chi connectivity index (χ0n) is 23.8. The van der Waals surface area contributed by atoms with Gasteiger partial charge in [0, 0.05) is 5.56 Å². The molecular formula is C33H28F6O5. The highest BCUT2D eigenvalue weighted by molar-refractivity contribution is 5.94. The van der Waals surface area contributed by atoms with Crippen LogP contribution in [0, 0.1) is 13.8 Å². The Hall–Kier alpha value is -4.80. The van der Waals surface area contributed by atoms with Crippen molar-refractivity contribution in [2.75, 3.05) is 0 Å². The fourth-order valence-corrected chi connectivity index (χ4v) is 3.97. The Morgan fingerprint density at radius 1 is 0.636 bits per heavy atom. The van der Waals surface area contributed by atoms with E-state index in [9.17, 15) is 35.9 Å². The summed E-state index contributed by atoms with van der Waals surface area (Å²) >= 11 is 0. The van der Waals surface area contributed by atoms with Crippen molar-refractivity contribution in [3.8, 4) is 11.5 Å².